The fraction of sp³-hybridized carbons (Fsp3) is 0.474. The second-order valence-corrected chi connectivity index (χ2v) is 7.25. The zero-order valence-electron chi connectivity index (χ0n) is 14.2. The molecule has 6 nitrogen and oxygen atoms in total. The van der Waals surface area contributed by atoms with Crippen LogP contribution in [0.25, 0.3) is 0 Å². The summed E-state index contributed by atoms with van der Waals surface area (Å²) >= 11 is 0. The van der Waals surface area contributed by atoms with Crippen molar-refractivity contribution in [1.82, 2.24) is 20.4 Å². The Morgan fingerprint density at radius 3 is 2.84 bits per heavy atom. The first kappa shape index (κ1) is 16.0. The number of aromatic nitrogens is 2. The number of nitrogens with zero attached hydrogens (tertiary/aromatic N) is 2. The average Bonchev–Trinajstić information content (AvgIpc) is 3.30. The molecule has 2 amide bonds. The van der Waals surface area contributed by atoms with Crippen LogP contribution in [0.1, 0.15) is 36.1 Å². The summed E-state index contributed by atoms with van der Waals surface area (Å²) in [6, 6.07) is 7.27. The molecule has 2 aliphatic carbocycles. The summed E-state index contributed by atoms with van der Waals surface area (Å²) in [6.07, 6.45) is 7.00. The van der Waals surface area contributed by atoms with Crippen LogP contribution in [0.15, 0.2) is 30.5 Å². The van der Waals surface area contributed by atoms with Crippen molar-refractivity contribution in [3.8, 4) is 5.75 Å². The smallest absolute Gasteiger partial charge is 0.317 e. The molecule has 1 aromatic carbocycles. The number of H-pyrrole nitrogens is 1. The first-order valence-corrected chi connectivity index (χ1v) is 9.02. The summed E-state index contributed by atoms with van der Waals surface area (Å²) in [5, 5.41) is 19.8. The van der Waals surface area contributed by atoms with Crippen molar-refractivity contribution in [1.29, 1.82) is 0 Å². The number of hydrogen-bond acceptors (Lipinski definition) is 3. The molecule has 132 valence electrons. The number of aryl methyl sites for hydroxylation is 1. The quantitative estimate of drug-likeness (QED) is 0.782. The van der Waals surface area contributed by atoms with E-state index < -0.39 is 0 Å². The van der Waals surface area contributed by atoms with Gasteiger partial charge in [0.15, 0.2) is 0 Å². The Kier molecular flexibility index (Phi) is 4.34. The Balaban J connectivity index is 1.40. The molecule has 0 bridgehead atoms. The van der Waals surface area contributed by atoms with Crippen LogP contribution in [0.2, 0.25) is 0 Å². The van der Waals surface area contributed by atoms with Crippen molar-refractivity contribution < 1.29 is 9.90 Å². The van der Waals surface area contributed by atoms with E-state index in [1.54, 1.807) is 12.1 Å². The van der Waals surface area contributed by atoms with Crippen LogP contribution < -0.4 is 5.32 Å². The largest absolute Gasteiger partial charge is 0.508 e. The van der Waals surface area contributed by atoms with Gasteiger partial charge in [-0.05, 0) is 61.3 Å². The predicted octanol–water partition coefficient (Wildman–Crippen LogP) is 2.59. The van der Waals surface area contributed by atoms with Crippen molar-refractivity contribution >= 4 is 6.03 Å². The normalized spacial score (nSPS) is 19.3. The fourth-order valence-corrected chi connectivity index (χ4v) is 3.46. The average molecular weight is 340 g/mol. The van der Waals surface area contributed by atoms with Gasteiger partial charge in [0, 0.05) is 24.8 Å². The summed E-state index contributed by atoms with van der Waals surface area (Å²) in [5.74, 6) is 0.884. The van der Waals surface area contributed by atoms with Gasteiger partial charge in [-0.2, -0.15) is 5.10 Å². The SMILES string of the molecule is O=C(N[C@H]1CCc2[nH]ncc2C1)N(Cc1ccc(O)cc1)CC1CC1. The topological polar surface area (TPSA) is 81.2 Å². The highest BCUT2D eigenvalue weighted by atomic mass is 16.3. The lowest BCUT2D eigenvalue weighted by Gasteiger charge is -2.28. The number of urea groups is 1. The number of hydrogen-bond donors (Lipinski definition) is 3. The van der Waals surface area contributed by atoms with Gasteiger partial charge >= 0.3 is 6.03 Å². The highest BCUT2D eigenvalue weighted by molar-refractivity contribution is 5.74. The number of carbonyl (C=O) groups is 1. The number of phenolic OH excluding ortho intramolecular Hbond substituents is 1. The molecule has 0 aliphatic heterocycles. The van der Waals surface area contributed by atoms with E-state index in [0.717, 1.165) is 31.4 Å². The molecule has 1 fully saturated rings. The maximum atomic E-state index is 12.8. The van der Waals surface area contributed by atoms with Crippen LogP contribution in [0.4, 0.5) is 4.79 Å². The van der Waals surface area contributed by atoms with Gasteiger partial charge in [0.25, 0.3) is 0 Å². The minimum absolute atomic E-state index is 0.0110. The number of amides is 2. The molecule has 1 saturated carbocycles. The molecule has 1 atom stereocenters. The lowest BCUT2D eigenvalue weighted by Crippen LogP contribution is -2.47. The van der Waals surface area contributed by atoms with Crippen molar-refractivity contribution in [2.45, 2.75) is 44.7 Å². The lowest BCUT2D eigenvalue weighted by atomic mass is 9.94. The van der Waals surface area contributed by atoms with Crippen molar-refractivity contribution in [2.24, 2.45) is 5.92 Å². The Hall–Kier alpha value is -2.50. The van der Waals surface area contributed by atoms with E-state index in [4.69, 9.17) is 0 Å². The number of rotatable bonds is 5. The van der Waals surface area contributed by atoms with E-state index in [9.17, 15) is 9.90 Å². The van der Waals surface area contributed by atoms with Crippen LogP contribution in [0.5, 0.6) is 5.75 Å². The highest BCUT2D eigenvalue weighted by Crippen LogP contribution is 2.30. The van der Waals surface area contributed by atoms with Gasteiger partial charge in [-0.25, -0.2) is 4.79 Å². The van der Waals surface area contributed by atoms with Gasteiger partial charge in [0.05, 0.1) is 6.20 Å². The first-order chi connectivity index (χ1) is 12.2. The minimum atomic E-state index is 0.0110. The molecule has 0 saturated heterocycles. The number of benzene rings is 1. The molecule has 1 heterocycles. The molecular formula is C19H24N4O2. The molecule has 2 aliphatic rings. The number of aromatic hydroxyl groups is 1. The van der Waals surface area contributed by atoms with Gasteiger partial charge in [-0.3, -0.25) is 5.10 Å². The summed E-state index contributed by atoms with van der Waals surface area (Å²) in [7, 11) is 0. The highest BCUT2D eigenvalue weighted by Gasteiger charge is 2.29. The predicted molar refractivity (Wildman–Crippen MR) is 94.2 cm³/mol. The van der Waals surface area contributed by atoms with Gasteiger partial charge in [-0.1, -0.05) is 12.1 Å². The lowest BCUT2D eigenvalue weighted by molar-refractivity contribution is 0.187. The third-order valence-electron chi connectivity index (χ3n) is 5.12. The van der Waals surface area contributed by atoms with Crippen molar-refractivity contribution in [3.05, 3.63) is 47.3 Å². The van der Waals surface area contributed by atoms with Gasteiger partial charge in [0.1, 0.15) is 5.75 Å². The minimum Gasteiger partial charge on any atom is -0.508 e. The molecular weight excluding hydrogens is 316 g/mol. The van der Waals surface area contributed by atoms with Gasteiger partial charge < -0.3 is 15.3 Å². The van der Waals surface area contributed by atoms with E-state index in [-0.39, 0.29) is 17.8 Å². The standard InChI is InChI=1S/C19H24N4O2/c24-17-6-3-14(4-7-17)12-23(11-13-1-2-13)19(25)21-16-5-8-18-15(9-16)10-20-22-18/h3-4,6-7,10,13,16,24H,1-2,5,8-9,11-12H2,(H,20,22)(H,21,25)/t16-/m0/s1. The number of phenols is 1. The molecule has 2 aromatic rings. The Morgan fingerprint density at radius 2 is 2.08 bits per heavy atom. The summed E-state index contributed by atoms with van der Waals surface area (Å²) in [5.41, 5.74) is 3.45. The van der Waals surface area contributed by atoms with Crippen molar-refractivity contribution in [3.63, 3.8) is 0 Å². The van der Waals surface area contributed by atoms with E-state index in [2.05, 4.69) is 15.5 Å². The molecule has 6 heteroatoms. The van der Waals surface area contributed by atoms with Crippen molar-refractivity contribution in [2.75, 3.05) is 6.54 Å². The fourth-order valence-electron chi connectivity index (χ4n) is 3.46. The van der Waals surface area contributed by atoms with E-state index >= 15 is 0 Å². The monoisotopic (exact) mass is 340 g/mol. The van der Waals surface area contributed by atoms with E-state index in [0.29, 0.717) is 12.5 Å². The summed E-state index contributed by atoms with van der Waals surface area (Å²) in [4.78, 5) is 14.7. The number of aromatic amines is 1. The molecule has 0 spiro atoms. The van der Waals surface area contributed by atoms with Crippen LogP contribution in [-0.2, 0) is 19.4 Å². The third-order valence-corrected chi connectivity index (χ3v) is 5.12. The zero-order valence-corrected chi connectivity index (χ0v) is 14.2. The first-order valence-electron chi connectivity index (χ1n) is 9.02. The summed E-state index contributed by atoms with van der Waals surface area (Å²) < 4.78 is 0. The number of nitrogens with one attached hydrogen (secondary N) is 2. The molecule has 1 aromatic heterocycles. The second-order valence-electron chi connectivity index (χ2n) is 7.25. The molecule has 4 rings (SSSR count). The van der Waals surface area contributed by atoms with E-state index in [1.807, 2.05) is 23.2 Å². The van der Waals surface area contributed by atoms with Crippen LogP contribution in [0.3, 0.4) is 0 Å². The van der Waals surface area contributed by atoms with Gasteiger partial charge in [-0.15, -0.1) is 0 Å². The van der Waals surface area contributed by atoms with E-state index in [1.165, 1.54) is 24.1 Å². The Labute approximate surface area is 147 Å². The van der Waals surface area contributed by atoms with Gasteiger partial charge in [0.2, 0.25) is 0 Å². The van der Waals surface area contributed by atoms with Crippen LogP contribution in [-0.4, -0.2) is 38.8 Å². The Morgan fingerprint density at radius 1 is 1.28 bits per heavy atom. The maximum absolute atomic E-state index is 12.8. The summed E-state index contributed by atoms with van der Waals surface area (Å²) in [6.45, 7) is 1.38. The molecule has 0 radical (unpaired) electrons. The molecule has 3 N–H and O–H groups in total. The number of fused-ring (bicyclic) bond motifs is 1. The second kappa shape index (κ2) is 6.78. The zero-order chi connectivity index (χ0) is 17.2. The molecule has 0 unspecified atom stereocenters. The maximum Gasteiger partial charge on any atom is 0.317 e. The van der Waals surface area contributed by atoms with Crippen LogP contribution in [0, 0.1) is 5.92 Å². The Bertz CT molecular complexity index is 736. The molecule has 25 heavy (non-hydrogen) atoms. The number of carbonyl (C=O) groups excluding carboxylic acids is 1. The third kappa shape index (κ3) is 3.95. The van der Waals surface area contributed by atoms with Crippen LogP contribution >= 0.6 is 0 Å².